The van der Waals surface area contributed by atoms with E-state index in [1.54, 1.807) is 35.1 Å². The molecule has 0 radical (unpaired) electrons. The van der Waals surface area contributed by atoms with Gasteiger partial charge in [-0.05, 0) is 29.3 Å². The number of benzene rings is 2. The van der Waals surface area contributed by atoms with E-state index >= 15 is 0 Å². The average molecular weight is 412 g/mol. The van der Waals surface area contributed by atoms with Crippen molar-refractivity contribution in [3.05, 3.63) is 79.3 Å². The first-order chi connectivity index (χ1) is 15.3. The molecule has 0 bridgehead atoms. The lowest BCUT2D eigenvalue weighted by molar-refractivity contribution is 0.293. The van der Waals surface area contributed by atoms with Gasteiger partial charge in [-0.25, -0.2) is 9.67 Å². The average Bonchev–Trinajstić information content (AvgIpc) is 3.50. The molecule has 0 aliphatic heterocycles. The maximum atomic E-state index is 5.92. The number of ether oxygens (including phenoxy) is 2. The lowest BCUT2D eigenvalue weighted by Crippen LogP contribution is -2.11. The van der Waals surface area contributed by atoms with E-state index < -0.39 is 0 Å². The van der Waals surface area contributed by atoms with Crippen LogP contribution < -0.4 is 9.47 Å². The van der Waals surface area contributed by atoms with Crippen LogP contribution in [-0.4, -0.2) is 43.2 Å². The molecule has 0 amide bonds. The monoisotopic (exact) mass is 412 g/mol. The molecule has 0 spiro atoms. The second-order valence-electron chi connectivity index (χ2n) is 6.82. The summed E-state index contributed by atoms with van der Waals surface area (Å²) in [4.78, 5) is 9.00. The van der Waals surface area contributed by atoms with Crippen LogP contribution in [0, 0.1) is 0 Å². The van der Waals surface area contributed by atoms with Crippen molar-refractivity contribution in [2.24, 2.45) is 0 Å². The quantitative estimate of drug-likeness (QED) is 0.405. The van der Waals surface area contributed by atoms with Crippen LogP contribution in [0.4, 0.5) is 0 Å². The van der Waals surface area contributed by atoms with Crippen LogP contribution in [0.25, 0.3) is 28.1 Å². The predicted octanol–water partition coefficient (Wildman–Crippen LogP) is 3.77. The summed E-state index contributed by atoms with van der Waals surface area (Å²) in [5.74, 6) is 1.68. The minimum absolute atomic E-state index is 0.434. The summed E-state index contributed by atoms with van der Waals surface area (Å²) in [6.07, 6.45) is 5.15. The fourth-order valence-corrected chi connectivity index (χ4v) is 3.38. The third-order valence-electron chi connectivity index (χ3n) is 4.88. The number of nitrogens with zero attached hydrogens (tertiary/aromatic N) is 6. The summed E-state index contributed by atoms with van der Waals surface area (Å²) in [6, 6.07) is 20.1. The van der Waals surface area contributed by atoms with Gasteiger partial charge < -0.3 is 9.47 Å². The summed E-state index contributed by atoms with van der Waals surface area (Å²) in [6.45, 7) is 0.982. The Balaban J connectivity index is 1.30. The lowest BCUT2D eigenvalue weighted by Gasteiger charge is -2.10. The minimum Gasteiger partial charge on any atom is -0.492 e. The number of hydrogen-bond donors (Lipinski definition) is 0. The summed E-state index contributed by atoms with van der Waals surface area (Å²) >= 11 is 0. The van der Waals surface area contributed by atoms with Crippen molar-refractivity contribution < 1.29 is 9.47 Å². The molecule has 0 N–H and O–H groups in total. The van der Waals surface area contributed by atoms with Crippen LogP contribution in [0.1, 0.15) is 0 Å². The van der Waals surface area contributed by atoms with Gasteiger partial charge in [-0.1, -0.05) is 42.5 Å². The Kier molecular flexibility index (Phi) is 5.02. The van der Waals surface area contributed by atoms with Crippen LogP contribution >= 0.6 is 0 Å². The van der Waals surface area contributed by atoms with Gasteiger partial charge in [0.2, 0.25) is 5.88 Å². The van der Waals surface area contributed by atoms with E-state index in [9.17, 15) is 0 Å². The Bertz CT molecular complexity index is 1280. The fourth-order valence-electron chi connectivity index (χ4n) is 3.38. The molecule has 3 aromatic heterocycles. The largest absolute Gasteiger partial charge is 0.492 e. The van der Waals surface area contributed by atoms with Gasteiger partial charge in [0.15, 0.2) is 0 Å². The highest BCUT2D eigenvalue weighted by Crippen LogP contribution is 2.24. The van der Waals surface area contributed by atoms with Crippen molar-refractivity contribution in [3.8, 4) is 28.7 Å². The molecule has 0 unspecified atom stereocenters. The third-order valence-corrected chi connectivity index (χ3v) is 4.88. The summed E-state index contributed by atoms with van der Waals surface area (Å²) < 4.78 is 14.8. The van der Waals surface area contributed by atoms with E-state index in [2.05, 4.69) is 44.4 Å². The van der Waals surface area contributed by atoms with Gasteiger partial charge in [0.1, 0.15) is 23.4 Å². The van der Waals surface area contributed by atoms with Gasteiger partial charge in [-0.15, -0.1) is 0 Å². The maximum Gasteiger partial charge on any atom is 0.254 e. The normalized spacial score (nSPS) is 11.0. The molecule has 5 rings (SSSR count). The highest BCUT2D eigenvalue weighted by atomic mass is 16.5. The molecule has 3 heterocycles. The molecule has 0 fully saturated rings. The highest BCUT2D eigenvalue weighted by molar-refractivity contribution is 5.79. The SMILES string of the molecule is COc1nc(-n2cccn2)nc2cnn(CCOc3ccc(-c4ccccc4)cc3)c12. The Morgan fingerprint density at radius 1 is 0.871 bits per heavy atom. The Hall–Kier alpha value is -4.20. The smallest absolute Gasteiger partial charge is 0.254 e. The molecular weight excluding hydrogens is 392 g/mol. The van der Waals surface area contributed by atoms with Gasteiger partial charge >= 0.3 is 0 Å². The summed E-state index contributed by atoms with van der Waals surface area (Å²) in [5.41, 5.74) is 3.74. The van der Waals surface area contributed by atoms with Crippen LogP contribution in [0.2, 0.25) is 0 Å². The van der Waals surface area contributed by atoms with Crippen molar-refractivity contribution >= 4 is 11.0 Å². The van der Waals surface area contributed by atoms with Crippen LogP contribution in [-0.2, 0) is 6.54 Å². The van der Waals surface area contributed by atoms with Crippen molar-refractivity contribution in [2.75, 3.05) is 13.7 Å². The molecule has 2 aromatic carbocycles. The lowest BCUT2D eigenvalue weighted by atomic mass is 10.1. The first-order valence-electron chi connectivity index (χ1n) is 9.88. The zero-order valence-electron chi connectivity index (χ0n) is 16.9. The number of hydrogen-bond acceptors (Lipinski definition) is 6. The van der Waals surface area contributed by atoms with Gasteiger partial charge in [-0.2, -0.15) is 15.2 Å². The van der Waals surface area contributed by atoms with Crippen molar-refractivity contribution in [2.45, 2.75) is 6.54 Å². The molecule has 8 nitrogen and oxygen atoms in total. The second-order valence-corrected chi connectivity index (χ2v) is 6.82. The maximum absolute atomic E-state index is 5.92. The summed E-state index contributed by atoms with van der Waals surface area (Å²) in [7, 11) is 1.58. The zero-order valence-corrected chi connectivity index (χ0v) is 16.9. The first-order valence-corrected chi connectivity index (χ1v) is 9.88. The summed E-state index contributed by atoms with van der Waals surface area (Å²) in [5, 5.41) is 8.61. The Morgan fingerprint density at radius 2 is 1.68 bits per heavy atom. The molecule has 0 saturated heterocycles. The van der Waals surface area contributed by atoms with Crippen molar-refractivity contribution in [1.29, 1.82) is 0 Å². The second kappa shape index (κ2) is 8.27. The molecule has 31 heavy (non-hydrogen) atoms. The van der Waals surface area contributed by atoms with E-state index in [1.165, 1.54) is 5.56 Å². The molecular formula is C23H20N6O2. The van der Waals surface area contributed by atoms with Gasteiger partial charge in [-0.3, -0.25) is 4.68 Å². The highest BCUT2D eigenvalue weighted by Gasteiger charge is 2.15. The number of methoxy groups -OCH3 is 1. The number of aromatic nitrogens is 6. The van der Waals surface area contributed by atoms with Gasteiger partial charge in [0.05, 0.1) is 19.9 Å². The Labute approximate surface area is 178 Å². The van der Waals surface area contributed by atoms with E-state index in [0.717, 1.165) is 16.8 Å². The molecule has 0 aliphatic rings. The third kappa shape index (κ3) is 3.83. The number of rotatable bonds is 7. The molecule has 8 heteroatoms. The standard InChI is InChI=1S/C23H20N6O2/c1-30-22-21-20(26-23(27-22)29-13-5-12-24-29)16-25-28(21)14-15-31-19-10-8-18(9-11-19)17-6-3-2-4-7-17/h2-13,16H,14-15H2,1H3. The van der Waals surface area contributed by atoms with Crippen molar-refractivity contribution in [1.82, 2.24) is 29.5 Å². The number of fused-ring (bicyclic) bond motifs is 1. The van der Waals surface area contributed by atoms with Crippen LogP contribution in [0.15, 0.2) is 79.3 Å². The minimum atomic E-state index is 0.434. The predicted molar refractivity (Wildman–Crippen MR) is 116 cm³/mol. The van der Waals surface area contributed by atoms with E-state index in [0.29, 0.717) is 30.5 Å². The van der Waals surface area contributed by atoms with Crippen LogP contribution in [0.5, 0.6) is 11.6 Å². The van der Waals surface area contributed by atoms with Gasteiger partial charge in [0, 0.05) is 12.4 Å². The molecule has 0 atom stereocenters. The molecule has 154 valence electrons. The zero-order chi connectivity index (χ0) is 21.0. The van der Waals surface area contributed by atoms with Crippen LogP contribution in [0.3, 0.4) is 0 Å². The molecule has 0 saturated carbocycles. The van der Waals surface area contributed by atoms with Crippen molar-refractivity contribution in [3.63, 3.8) is 0 Å². The first kappa shape index (κ1) is 18.8. The van der Waals surface area contributed by atoms with Gasteiger partial charge in [0.25, 0.3) is 5.95 Å². The van der Waals surface area contributed by atoms with E-state index in [-0.39, 0.29) is 0 Å². The topological polar surface area (TPSA) is 79.9 Å². The molecule has 5 aromatic rings. The fraction of sp³-hybridized carbons (Fsp3) is 0.130. The van der Waals surface area contributed by atoms with E-state index in [4.69, 9.17) is 9.47 Å². The Morgan fingerprint density at radius 3 is 2.42 bits per heavy atom. The molecule has 0 aliphatic carbocycles. The van der Waals surface area contributed by atoms with E-state index in [1.807, 2.05) is 36.4 Å².